The first-order valence-corrected chi connectivity index (χ1v) is 6.75. The number of nitrogens with one attached hydrogen (secondary N) is 1. The van der Waals surface area contributed by atoms with E-state index in [4.69, 9.17) is 9.84 Å². The molecule has 1 rings (SSSR count). The molecular formula is C10H12N2O7S. The van der Waals surface area contributed by atoms with Crippen LogP contribution in [0.1, 0.15) is 6.92 Å². The van der Waals surface area contributed by atoms with Crippen LogP contribution in [0.2, 0.25) is 0 Å². The van der Waals surface area contributed by atoms with Gasteiger partial charge in [0.05, 0.1) is 18.1 Å². The minimum absolute atomic E-state index is 0.246. The number of benzene rings is 1. The lowest BCUT2D eigenvalue weighted by Crippen LogP contribution is -2.38. The fourth-order valence-corrected chi connectivity index (χ4v) is 2.69. The number of hydrogen-bond acceptors (Lipinski definition) is 6. The number of nitrogens with zero attached hydrogens (tertiary/aromatic N) is 1. The van der Waals surface area contributed by atoms with Crippen LogP contribution in [0.25, 0.3) is 0 Å². The van der Waals surface area contributed by atoms with Crippen molar-refractivity contribution in [1.82, 2.24) is 4.72 Å². The summed E-state index contributed by atoms with van der Waals surface area (Å²) in [5.74, 6) is -1.60. The zero-order valence-electron chi connectivity index (χ0n) is 10.6. The summed E-state index contributed by atoms with van der Waals surface area (Å²) >= 11 is 0. The Morgan fingerprint density at radius 1 is 1.50 bits per heavy atom. The van der Waals surface area contributed by atoms with Crippen molar-refractivity contribution in [2.75, 3.05) is 7.11 Å². The van der Waals surface area contributed by atoms with Crippen LogP contribution in [0.3, 0.4) is 0 Å². The Hall–Kier alpha value is -2.20. The van der Waals surface area contributed by atoms with Crippen molar-refractivity contribution in [3.63, 3.8) is 0 Å². The second kappa shape index (κ2) is 5.84. The maximum atomic E-state index is 12.0. The summed E-state index contributed by atoms with van der Waals surface area (Å²) in [7, 11) is -3.02. The average molecular weight is 304 g/mol. The Kier molecular flexibility index (Phi) is 4.63. The van der Waals surface area contributed by atoms with Crippen molar-refractivity contribution in [3.8, 4) is 5.75 Å². The zero-order valence-corrected chi connectivity index (χ0v) is 11.4. The molecule has 1 atom stereocenters. The van der Waals surface area contributed by atoms with Gasteiger partial charge in [0.15, 0.2) is 0 Å². The number of carboxylic acids is 1. The highest BCUT2D eigenvalue weighted by Gasteiger charge is 2.26. The number of methoxy groups -OCH3 is 1. The van der Waals surface area contributed by atoms with Crippen LogP contribution < -0.4 is 9.46 Å². The number of nitro benzene ring substituents is 1. The Labute approximate surface area is 114 Å². The van der Waals surface area contributed by atoms with E-state index in [9.17, 15) is 23.3 Å². The quantitative estimate of drug-likeness (QED) is 0.571. The Balaban J connectivity index is 3.25. The molecule has 110 valence electrons. The van der Waals surface area contributed by atoms with Crippen molar-refractivity contribution in [3.05, 3.63) is 28.3 Å². The maximum absolute atomic E-state index is 12.0. The Morgan fingerprint density at radius 3 is 2.55 bits per heavy atom. The third-order valence-electron chi connectivity index (χ3n) is 2.35. The number of non-ortho nitro benzene ring substituents is 1. The average Bonchev–Trinajstić information content (AvgIpc) is 2.37. The van der Waals surface area contributed by atoms with Gasteiger partial charge in [-0.2, -0.15) is 4.72 Å². The van der Waals surface area contributed by atoms with Gasteiger partial charge >= 0.3 is 5.97 Å². The SMILES string of the molecule is COc1cc([N+](=O)[O-])ccc1S(=O)(=O)N[C@@H](C)C(=O)O. The summed E-state index contributed by atoms with van der Waals surface area (Å²) in [4.78, 5) is 20.2. The minimum atomic E-state index is -4.17. The monoisotopic (exact) mass is 304 g/mol. The lowest BCUT2D eigenvalue weighted by Gasteiger charge is -2.12. The first-order valence-electron chi connectivity index (χ1n) is 5.26. The third-order valence-corrected chi connectivity index (χ3v) is 3.93. The van der Waals surface area contributed by atoms with E-state index in [0.29, 0.717) is 0 Å². The van der Waals surface area contributed by atoms with E-state index in [1.165, 1.54) is 0 Å². The molecule has 0 fully saturated rings. The van der Waals surface area contributed by atoms with Crippen molar-refractivity contribution in [2.45, 2.75) is 17.9 Å². The first kappa shape index (κ1) is 15.9. The van der Waals surface area contributed by atoms with Crippen molar-refractivity contribution in [2.24, 2.45) is 0 Å². The van der Waals surface area contributed by atoms with E-state index >= 15 is 0 Å². The molecule has 0 bridgehead atoms. The number of ether oxygens (including phenoxy) is 1. The van der Waals surface area contributed by atoms with Crippen LogP contribution in [0, 0.1) is 10.1 Å². The number of sulfonamides is 1. The largest absolute Gasteiger partial charge is 0.495 e. The fourth-order valence-electron chi connectivity index (χ4n) is 1.34. The van der Waals surface area contributed by atoms with E-state index in [-0.39, 0.29) is 16.3 Å². The van der Waals surface area contributed by atoms with Gasteiger partial charge in [0.2, 0.25) is 10.0 Å². The van der Waals surface area contributed by atoms with Crippen LogP contribution in [-0.4, -0.2) is 37.6 Å². The van der Waals surface area contributed by atoms with Gasteiger partial charge in [0.1, 0.15) is 16.7 Å². The van der Waals surface area contributed by atoms with Gasteiger partial charge in [-0.05, 0) is 13.0 Å². The summed E-state index contributed by atoms with van der Waals surface area (Å²) < 4.78 is 30.7. The molecule has 0 aliphatic rings. The number of aliphatic carboxylic acids is 1. The summed E-state index contributed by atoms with van der Waals surface area (Å²) in [5, 5.41) is 19.3. The van der Waals surface area contributed by atoms with Crippen LogP contribution in [0.4, 0.5) is 5.69 Å². The van der Waals surface area contributed by atoms with Crippen LogP contribution in [0.15, 0.2) is 23.1 Å². The summed E-state index contributed by atoms with van der Waals surface area (Å²) in [6.07, 6.45) is 0. The molecule has 0 unspecified atom stereocenters. The van der Waals surface area contributed by atoms with Crippen LogP contribution >= 0.6 is 0 Å². The van der Waals surface area contributed by atoms with Crippen LogP contribution in [0.5, 0.6) is 5.75 Å². The minimum Gasteiger partial charge on any atom is -0.495 e. The molecule has 0 aliphatic heterocycles. The van der Waals surface area contributed by atoms with Crippen molar-refractivity contribution in [1.29, 1.82) is 0 Å². The van der Waals surface area contributed by atoms with E-state index in [1.807, 2.05) is 4.72 Å². The smallest absolute Gasteiger partial charge is 0.321 e. The highest BCUT2D eigenvalue weighted by atomic mass is 32.2. The number of nitro groups is 1. The summed E-state index contributed by atoms with van der Waals surface area (Å²) in [5.41, 5.74) is -0.341. The zero-order chi connectivity index (χ0) is 15.5. The molecule has 0 amide bonds. The lowest BCUT2D eigenvalue weighted by atomic mass is 10.3. The van der Waals surface area contributed by atoms with Gasteiger partial charge < -0.3 is 9.84 Å². The summed E-state index contributed by atoms with van der Waals surface area (Å²) in [6.45, 7) is 1.15. The molecule has 1 aromatic carbocycles. The Bertz CT molecular complexity index is 641. The molecule has 2 N–H and O–H groups in total. The molecule has 0 saturated carbocycles. The van der Waals surface area contributed by atoms with Gasteiger partial charge in [-0.3, -0.25) is 14.9 Å². The highest BCUT2D eigenvalue weighted by Crippen LogP contribution is 2.28. The number of hydrogen-bond donors (Lipinski definition) is 2. The number of rotatable bonds is 6. The molecular weight excluding hydrogens is 292 g/mol. The van der Waals surface area contributed by atoms with E-state index < -0.39 is 27.0 Å². The number of carbonyl (C=O) groups is 1. The first-order chi connectivity index (χ1) is 9.19. The van der Waals surface area contributed by atoms with Crippen molar-refractivity contribution < 1.29 is 28.0 Å². The predicted molar refractivity (Wildman–Crippen MR) is 67.1 cm³/mol. The molecule has 0 spiro atoms. The summed E-state index contributed by atoms with van der Waals surface area (Å²) in [6, 6.07) is 1.57. The maximum Gasteiger partial charge on any atom is 0.321 e. The molecule has 9 nitrogen and oxygen atoms in total. The van der Waals surface area contributed by atoms with E-state index in [2.05, 4.69) is 0 Å². The molecule has 0 saturated heterocycles. The molecule has 10 heteroatoms. The van der Waals surface area contributed by atoms with Crippen molar-refractivity contribution >= 4 is 21.7 Å². The molecule has 0 aliphatic carbocycles. The molecule has 0 aromatic heterocycles. The van der Waals surface area contributed by atoms with Gasteiger partial charge in [-0.1, -0.05) is 0 Å². The molecule has 0 radical (unpaired) electrons. The third kappa shape index (κ3) is 3.42. The Morgan fingerprint density at radius 2 is 2.10 bits per heavy atom. The van der Waals surface area contributed by atoms with E-state index in [1.54, 1.807) is 0 Å². The number of carboxylic acid groups (broad SMARTS) is 1. The second-order valence-corrected chi connectivity index (χ2v) is 5.46. The van der Waals surface area contributed by atoms with Gasteiger partial charge in [0, 0.05) is 6.07 Å². The standard InChI is InChI=1S/C10H12N2O7S/c1-6(10(13)14)11-20(17,18)9-4-3-7(12(15)16)5-8(9)19-2/h3-6,11H,1-2H3,(H,13,14)/t6-/m0/s1. The highest BCUT2D eigenvalue weighted by molar-refractivity contribution is 7.89. The molecule has 1 aromatic rings. The lowest BCUT2D eigenvalue weighted by molar-refractivity contribution is -0.385. The van der Waals surface area contributed by atoms with Gasteiger partial charge in [0.25, 0.3) is 5.69 Å². The molecule has 20 heavy (non-hydrogen) atoms. The van der Waals surface area contributed by atoms with Crippen LogP contribution in [-0.2, 0) is 14.8 Å². The predicted octanol–water partition coefficient (Wildman–Crippen LogP) is 0.355. The second-order valence-electron chi connectivity index (χ2n) is 3.77. The van der Waals surface area contributed by atoms with Gasteiger partial charge in [-0.15, -0.1) is 0 Å². The molecule has 0 heterocycles. The normalized spacial score (nSPS) is 12.7. The fraction of sp³-hybridized carbons (Fsp3) is 0.300. The van der Waals surface area contributed by atoms with Gasteiger partial charge in [-0.25, -0.2) is 8.42 Å². The topological polar surface area (TPSA) is 136 Å². The van der Waals surface area contributed by atoms with E-state index in [0.717, 1.165) is 32.2 Å².